The van der Waals surface area contributed by atoms with Crippen LogP contribution >= 0.6 is 0 Å². The molecule has 13 heteroatoms. The number of benzene rings is 1. The van der Waals surface area contributed by atoms with Crippen molar-refractivity contribution in [2.45, 2.75) is 18.9 Å². The number of aliphatic carboxylic acids is 2. The number of nitrogens with two attached hydrogens (primary N) is 1. The van der Waals surface area contributed by atoms with Gasteiger partial charge in [0.15, 0.2) is 5.82 Å². The summed E-state index contributed by atoms with van der Waals surface area (Å²) in [6.45, 7) is 0.644. The van der Waals surface area contributed by atoms with E-state index in [0.29, 0.717) is 24.5 Å². The van der Waals surface area contributed by atoms with E-state index in [2.05, 4.69) is 30.9 Å². The SMILES string of the molecule is Nc1nc([O-])c2c(n1)NCC(CNc1ccc(C(=O)N[C@@H](CCC(=O)[O-])C(=O)O)cc1)=N2. The number of hydrogen-bond acceptors (Lipinski definition) is 11. The number of carbonyl (C=O) groups excluding carboxylic acids is 2. The molecule has 0 unspecified atom stereocenters. The van der Waals surface area contributed by atoms with Crippen molar-refractivity contribution in [1.29, 1.82) is 0 Å². The van der Waals surface area contributed by atoms with Gasteiger partial charge in [-0.15, -0.1) is 0 Å². The fourth-order valence-corrected chi connectivity index (χ4v) is 2.86. The highest BCUT2D eigenvalue weighted by Crippen LogP contribution is 2.32. The summed E-state index contributed by atoms with van der Waals surface area (Å²) in [6.07, 6.45) is -0.776. The van der Waals surface area contributed by atoms with Crippen LogP contribution < -0.4 is 31.9 Å². The van der Waals surface area contributed by atoms with Crippen LogP contribution in [0.2, 0.25) is 0 Å². The molecule has 0 saturated heterocycles. The molecule has 0 aliphatic carbocycles. The van der Waals surface area contributed by atoms with E-state index < -0.39 is 36.2 Å². The number of aliphatic imine (C=N–C) groups is 1. The summed E-state index contributed by atoms with van der Waals surface area (Å²) < 4.78 is 0. The quantitative estimate of drug-likeness (QED) is 0.300. The van der Waals surface area contributed by atoms with E-state index in [4.69, 9.17) is 10.8 Å². The topological polar surface area (TPSA) is 218 Å². The number of carboxylic acid groups (broad SMARTS) is 2. The number of rotatable bonds is 9. The van der Waals surface area contributed by atoms with Crippen molar-refractivity contribution in [2.24, 2.45) is 4.99 Å². The maximum absolute atomic E-state index is 12.3. The number of nitrogens with zero attached hydrogens (tertiary/aromatic N) is 3. The molecule has 2 heterocycles. The predicted molar refractivity (Wildman–Crippen MR) is 110 cm³/mol. The molecule has 32 heavy (non-hydrogen) atoms. The first kappa shape index (κ1) is 22.3. The summed E-state index contributed by atoms with van der Waals surface area (Å²) in [5.74, 6) is -3.81. The van der Waals surface area contributed by atoms with Crippen LogP contribution in [0.15, 0.2) is 29.3 Å². The molecule has 1 aliphatic heterocycles. The average Bonchev–Trinajstić information content (AvgIpc) is 2.75. The Kier molecular flexibility index (Phi) is 6.68. The van der Waals surface area contributed by atoms with Crippen molar-refractivity contribution in [3.8, 4) is 5.88 Å². The molecule has 1 aromatic heterocycles. The van der Waals surface area contributed by atoms with Crippen LogP contribution in [0.1, 0.15) is 23.2 Å². The molecule has 1 aromatic carbocycles. The zero-order valence-electron chi connectivity index (χ0n) is 16.6. The van der Waals surface area contributed by atoms with Gasteiger partial charge in [0, 0.05) is 23.1 Å². The normalized spacial score (nSPS) is 13.2. The summed E-state index contributed by atoms with van der Waals surface area (Å²) in [4.78, 5) is 45.7. The highest BCUT2D eigenvalue weighted by atomic mass is 16.4. The minimum absolute atomic E-state index is 0.0842. The number of fused-ring (bicyclic) bond motifs is 1. The second-order valence-corrected chi connectivity index (χ2v) is 6.82. The Morgan fingerprint density at radius 3 is 2.59 bits per heavy atom. The lowest BCUT2D eigenvalue weighted by Crippen LogP contribution is -2.41. The van der Waals surface area contributed by atoms with Crippen molar-refractivity contribution in [1.82, 2.24) is 15.3 Å². The van der Waals surface area contributed by atoms with Crippen molar-refractivity contribution in [2.75, 3.05) is 29.5 Å². The first-order valence-corrected chi connectivity index (χ1v) is 9.45. The van der Waals surface area contributed by atoms with Gasteiger partial charge < -0.3 is 41.8 Å². The van der Waals surface area contributed by atoms with E-state index in [-0.39, 0.29) is 29.4 Å². The highest BCUT2D eigenvalue weighted by molar-refractivity contribution is 5.99. The van der Waals surface area contributed by atoms with Gasteiger partial charge in [-0.05, 0) is 37.1 Å². The molecule has 0 fully saturated rings. The number of aromatic nitrogens is 2. The van der Waals surface area contributed by atoms with Crippen molar-refractivity contribution < 1.29 is 29.7 Å². The molecule has 2 aromatic rings. The summed E-state index contributed by atoms with van der Waals surface area (Å²) in [7, 11) is 0. The fraction of sp³-hybridized carbons (Fsp3) is 0.263. The monoisotopic (exact) mass is 441 g/mol. The third-order valence-electron chi connectivity index (χ3n) is 4.48. The number of amides is 1. The largest absolute Gasteiger partial charge is 0.857 e. The van der Waals surface area contributed by atoms with Crippen LogP contribution in [0.4, 0.5) is 23.1 Å². The Bertz CT molecular complexity index is 1070. The smallest absolute Gasteiger partial charge is 0.326 e. The number of nitrogens with one attached hydrogen (secondary N) is 3. The Morgan fingerprint density at radius 1 is 1.22 bits per heavy atom. The maximum Gasteiger partial charge on any atom is 0.326 e. The minimum atomic E-state index is -1.40. The average molecular weight is 441 g/mol. The molecule has 1 atom stereocenters. The Balaban J connectivity index is 1.59. The van der Waals surface area contributed by atoms with Crippen molar-refractivity contribution in [3.05, 3.63) is 29.8 Å². The minimum Gasteiger partial charge on any atom is -0.857 e. The molecule has 1 aliphatic rings. The Morgan fingerprint density at radius 2 is 1.94 bits per heavy atom. The third-order valence-corrected chi connectivity index (χ3v) is 4.48. The van der Waals surface area contributed by atoms with Crippen LogP contribution in [0.5, 0.6) is 5.88 Å². The molecule has 168 valence electrons. The molecular formula is C19H19N7O6-2. The van der Waals surface area contributed by atoms with E-state index in [1.54, 1.807) is 12.1 Å². The molecule has 3 rings (SSSR count). The summed E-state index contributed by atoms with van der Waals surface area (Å²) in [5.41, 5.74) is 7.01. The molecule has 0 radical (unpaired) electrons. The summed E-state index contributed by atoms with van der Waals surface area (Å²) >= 11 is 0. The Hall–Kier alpha value is -4.42. The van der Waals surface area contributed by atoms with Gasteiger partial charge in [-0.25, -0.2) is 14.8 Å². The van der Waals surface area contributed by atoms with Gasteiger partial charge in [-0.1, -0.05) is 0 Å². The van der Waals surface area contributed by atoms with E-state index in [1.165, 1.54) is 12.1 Å². The molecule has 0 bridgehead atoms. The first-order valence-electron chi connectivity index (χ1n) is 9.45. The highest BCUT2D eigenvalue weighted by Gasteiger charge is 2.20. The lowest BCUT2D eigenvalue weighted by molar-refractivity contribution is -0.305. The molecule has 0 saturated carbocycles. The molecule has 6 N–H and O–H groups in total. The van der Waals surface area contributed by atoms with Gasteiger partial charge in [-0.2, -0.15) is 4.98 Å². The number of carboxylic acids is 2. The van der Waals surface area contributed by atoms with Crippen LogP contribution in [-0.2, 0) is 9.59 Å². The van der Waals surface area contributed by atoms with Crippen LogP contribution in [0, 0.1) is 0 Å². The van der Waals surface area contributed by atoms with E-state index >= 15 is 0 Å². The molecule has 0 spiro atoms. The third kappa shape index (κ3) is 5.59. The predicted octanol–water partition coefficient (Wildman–Crippen LogP) is -1.54. The van der Waals surface area contributed by atoms with E-state index in [1.807, 2.05) is 0 Å². The van der Waals surface area contributed by atoms with Gasteiger partial charge in [0.1, 0.15) is 11.7 Å². The number of nitrogen functional groups attached to an aromatic ring is 1. The number of hydrogen-bond donors (Lipinski definition) is 5. The molecular weight excluding hydrogens is 422 g/mol. The Labute approximate surface area is 181 Å². The zero-order chi connectivity index (χ0) is 23.3. The number of carbonyl (C=O) groups is 3. The van der Waals surface area contributed by atoms with Gasteiger partial charge in [0.25, 0.3) is 5.91 Å². The lowest BCUT2D eigenvalue weighted by Gasteiger charge is -2.21. The van der Waals surface area contributed by atoms with Crippen LogP contribution in [-0.4, -0.2) is 57.8 Å². The summed E-state index contributed by atoms with van der Waals surface area (Å²) in [6, 6.07) is 4.84. The molecule has 13 nitrogen and oxygen atoms in total. The van der Waals surface area contributed by atoms with Crippen molar-refractivity contribution >= 4 is 46.7 Å². The van der Waals surface area contributed by atoms with Gasteiger partial charge in [-0.3, -0.25) is 4.79 Å². The number of anilines is 3. The van der Waals surface area contributed by atoms with Crippen LogP contribution in [0.3, 0.4) is 0 Å². The van der Waals surface area contributed by atoms with Gasteiger partial charge in [0.05, 0.1) is 18.8 Å². The standard InChI is InChI=1S/C19H21N7O6/c20-19-25-15-14(17(30)26-19)23-11(8-22-15)7-21-10-3-1-9(2-4-10)16(29)24-12(18(31)32)5-6-13(27)28/h1-4,12,21H,5-8H2,(H,24,29)(H,27,28)(H,31,32)(H4,20,22,25,26,30)/p-2/t12-/m0/s1. The van der Waals surface area contributed by atoms with Gasteiger partial charge >= 0.3 is 5.97 Å². The van der Waals surface area contributed by atoms with E-state index in [9.17, 15) is 24.6 Å². The zero-order valence-corrected chi connectivity index (χ0v) is 16.6. The molecule has 1 amide bonds. The van der Waals surface area contributed by atoms with Crippen LogP contribution in [0.25, 0.3) is 0 Å². The lowest BCUT2D eigenvalue weighted by atomic mass is 10.1. The summed E-state index contributed by atoms with van der Waals surface area (Å²) in [5, 5.41) is 39.9. The second kappa shape index (κ2) is 9.59. The second-order valence-electron chi connectivity index (χ2n) is 6.82. The first-order chi connectivity index (χ1) is 15.2. The van der Waals surface area contributed by atoms with E-state index in [0.717, 1.165) is 0 Å². The van der Waals surface area contributed by atoms with Crippen molar-refractivity contribution in [3.63, 3.8) is 0 Å². The maximum atomic E-state index is 12.3. The van der Waals surface area contributed by atoms with Gasteiger partial charge in [0.2, 0.25) is 5.95 Å². The fourth-order valence-electron chi connectivity index (χ4n) is 2.86.